The molecule has 1 aliphatic heterocycles. The minimum absolute atomic E-state index is 0.671. The third-order valence-corrected chi connectivity index (χ3v) is 3.19. The molecule has 88 valence electrons. The molecule has 1 aromatic carbocycles. The highest BCUT2D eigenvalue weighted by atomic mass is 16.5. The van der Waals surface area contributed by atoms with Crippen molar-refractivity contribution >= 4 is 0 Å². The quantitative estimate of drug-likeness (QED) is 0.742. The van der Waals surface area contributed by atoms with Gasteiger partial charge in [-0.1, -0.05) is 43.0 Å². The van der Waals surface area contributed by atoms with E-state index in [1.807, 2.05) is 30.3 Å². The highest BCUT2D eigenvalue weighted by Gasteiger charge is 2.36. The summed E-state index contributed by atoms with van der Waals surface area (Å²) < 4.78 is 5.33. The Kier molecular flexibility index (Phi) is 3.58. The maximum absolute atomic E-state index is 9.58. The first-order valence-corrected chi connectivity index (χ1v) is 5.76. The van der Waals surface area contributed by atoms with E-state index in [2.05, 4.69) is 17.5 Å². The Morgan fingerprint density at radius 1 is 1.29 bits per heavy atom. The fraction of sp³-hybridized carbons (Fsp3) is 0.357. The third-order valence-electron chi connectivity index (χ3n) is 3.19. The number of nitrogens with zero attached hydrogens (tertiary/aromatic N) is 2. The Morgan fingerprint density at radius 2 is 1.94 bits per heavy atom. The first-order chi connectivity index (χ1) is 8.33. The van der Waals surface area contributed by atoms with Crippen LogP contribution in [0.15, 0.2) is 43.0 Å². The molecule has 17 heavy (non-hydrogen) atoms. The van der Waals surface area contributed by atoms with Gasteiger partial charge in [0.25, 0.3) is 0 Å². The number of hydrogen-bond donors (Lipinski definition) is 0. The van der Waals surface area contributed by atoms with Gasteiger partial charge in [-0.15, -0.1) is 0 Å². The first kappa shape index (κ1) is 11.8. The van der Waals surface area contributed by atoms with Crippen molar-refractivity contribution in [2.24, 2.45) is 0 Å². The third kappa shape index (κ3) is 2.10. The molecular weight excluding hydrogens is 212 g/mol. The average molecular weight is 228 g/mol. The summed E-state index contributed by atoms with van der Waals surface area (Å²) in [4.78, 5) is 2.12. The standard InChI is InChI=1S/C14H16N2O/c1-2-14(12-15,13-6-4-3-5-7-13)16-8-10-17-11-9-16/h2-7H,1,8-11H2. The molecule has 1 fully saturated rings. The Labute approximate surface area is 102 Å². The van der Waals surface area contributed by atoms with Crippen LogP contribution >= 0.6 is 0 Å². The maximum Gasteiger partial charge on any atom is 0.153 e. The molecule has 0 bridgehead atoms. The molecule has 1 saturated heterocycles. The van der Waals surface area contributed by atoms with Gasteiger partial charge in [-0.25, -0.2) is 0 Å². The van der Waals surface area contributed by atoms with E-state index in [-0.39, 0.29) is 0 Å². The Hall–Kier alpha value is -1.63. The predicted octanol–water partition coefficient (Wildman–Crippen LogP) is 1.92. The van der Waals surface area contributed by atoms with E-state index in [0.717, 1.165) is 18.7 Å². The molecule has 0 N–H and O–H groups in total. The van der Waals surface area contributed by atoms with Crippen molar-refractivity contribution in [1.82, 2.24) is 4.90 Å². The lowest BCUT2D eigenvalue weighted by atomic mass is 9.89. The minimum Gasteiger partial charge on any atom is -0.379 e. The molecule has 0 aliphatic carbocycles. The van der Waals surface area contributed by atoms with Crippen molar-refractivity contribution in [3.8, 4) is 6.07 Å². The molecule has 1 unspecified atom stereocenters. The number of nitriles is 1. The molecule has 2 rings (SSSR count). The van der Waals surface area contributed by atoms with Crippen molar-refractivity contribution in [1.29, 1.82) is 5.26 Å². The summed E-state index contributed by atoms with van der Waals surface area (Å²) in [6.07, 6.45) is 1.73. The number of hydrogen-bond acceptors (Lipinski definition) is 3. The van der Waals surface area contributed by atoms with Crippen LogP contribution in [0, 0.1) is 11.3 Å². The van der Waals surface area contributed by atoms with E-state index >= 15 is 0 Å². The lowest BCUT2D eigenvalue weighted by molar-refractivity contribution is 0.00864. The average Bonchev–Trinajstić information content (AvgIpc) is 2.43. The zero-order valence-electron chi connectivity index (χ0n) is 9.80. The lowest BCUT2D eigenvalue weighted by Gasteiger charge is -2.39. The lowest BCUT2D eigenvalue weighted by Crippen LogP contribution is -2.49. The zero-order valence-corrected chi connectivity index (χ0v) is 9.80. The molecule has 0 amide bonds. The second-order valence-corrected chi connectivity index (χ2v) is 4.05. The van der Waals surface area contributed by atoms with Gasteiger partial charge in [-0.05, 0) is 5.56 Å². The monoisotopic (exact) mass is 228 g/mol. The van der Waals surface area contributed by atoms with Gasteiger partial charge in [0.05, 0.1) is 19.3 Å². The fourth-order valence-electron chi connectivity index (χ4n) is 2.22. The molecule has 1 heterocycles. The van der Waals surface area contributed by atoms with E-state index in [1.165, 1.54) is 0 Å². The van der Waals surface area contributed by atoms with Gasteiger partial charge >= 0.3 is 0 Å². The van der Waals surface area contributed by atoms with Crippen molar-refractivity contribution in [2.75, 3.05) is 26.3 Å². The first-order valence-electron chi connectivity index (χ1n) is 5.76. The number of benzene rings is 1. The summed E-state index contributed by atoms with van der Waals surface area (Å²) in [5.74, 6) is 0. The van der Waals surface area contributed by atoms with Gasteiger partial charge in [0.2, 0.25) is 0 Å². The highest BCUT2D eigenvalue weighted by Crippen LogP contribution is 2.29. The largest absolute Gasteiger partial charge is 0.379 e. The summed E-state index contributed by atoms with van der Waals surface area (Å²) in [6.45, 7) is 6.71. The second-order valence-electron chi connectivity index (χ2n) is 4.05. The molecular formula is C14H16N2O. The van der Waals surface area contributed by atoms with E-state index in [0.29, 0.717) is 13.2 Å². The van der Waals surface area contributed by atoms with Crippen LogP contribution in [0.5, 0.6) is 0 Å². The van der Waals surface area contributed by atoms with Gasteiger partial charge in [-0.3, -0.25) is 4.90 Å². The molecule has 3 heteroatoms. The molecule has 1 aliphatic rings. The predicted molar refractivity (Wildman–Crippen MR) is 66.3 cm³/mol. The molecule has 1 aromatic rings. The van der Waals surface area contributed by atoms with Crippen molar-refractivity contribution in [2.45, 2.75) is 5.54 Å². The Morgan fingerprint density at radius 3 is 2.47 bits per heavy atom. The van der Waals surface area contributed by atoms with E-state index < -0.39 is 5.54 Å². The summed E-state index contributed by atoms with van der Waals surface area (Å²) in [6, 6.07) is 12.2. The normalized spacial score (nSPS) is 20.2. The van der Waals surface area contributed by atoms with Crippen molar-refractivity contribution < 1.29 is 4.74 Å². The van der Waals surface area contributed by atoms with E-state index in [1.54, 1.807) is 6.08 Å². The van der Waals surface area contributed by atoms with Crippen molar-refractivity contribution in [3.05, 3.63) is 48.6 Å². The number of ether oxygens (including phenoxy) is 1. The second kappa shape index (κ2) is 5.13. The zero-order chi connectivity index (χ0) is 12.1. The highest BCUT2D eigenvalue weighted by molar-refractivity contribution is 5.37. The molecule has 3 nitrogen and oxygen atoms in total. The minimum atomic E-state index is -0.731. The number of morpholine rings is 1. The SMILES string of the molecule is C=CC(C#N)(c1ccccc1)N1CCOCC1. The molecule has 1 atom stereocenters. The topological polar surface area (TPSA) is 36.3 Å². The van der Waals surface area contributed by atoms with Gasteiger partial charge in [0.1, 0.15) is 0 Å². The summed E-state index contributed by atoms with van der Waals surface area (Å²) in [5, 5.41) is 9.58. The smallest absolute Gasteiger partial charge is 0.153 e. The summed E-state index contributed by atoms with van der Waals surface area (Å²) >= 11 is 0. The van der Waals surface area contributed by atoms with Crippen LogP contribution < -0.4 is 0 Å². The fourth-order valence-corrected chi connectivity index (χ4v) is 2.22. The van der Waals surface area contributed by atoms with Gasteiger partial charge in [-0.2, -0.15) is 5.26 Å². The van der Waals surface area contributed by atoms with Crippen LogP contribution in [-0.4, -0.2) is 31.2 Å². The van der Waals surface area contributed by atoms with E-state index in [9.17, 15) is 5.26 Å². The van der Waals surface area contributed by atoms with Crippen LogP contribution in [0.4, 0.5) is 0 Å². The van der Waals surface area contributed by atoms with Crippen LogP contribution in [0.2, 0.25) is 0 Å². The summed E-state index contributed by atoms with van der Waals surface area (Å²) in [7, 11) is 0. The van der Waals surface area contributed by atoms with Crippen LogP contribution in [0.25, 0.3) is 0 Å². The Balaban J connectivity index is 2.39. The summed E-state index contributed by atoms with van der Waals surface area (Å²) in [5.41, 5.74) is 0.241. The molecule has 0 aromatic heterocycles. The van der Waals surface area contributed by atoms with Crippen molar-refractivity contribution in [3.63, 3.8) is 0 Å². The molecule has 0 spiro atoms. The van der Waals surface area contributed by atoms with E-state index in [4.69, 9.17) is 4.74 Å². The molecule has 0 saturated carbocycles. The van der Waals surface area contributed by atoms with Crippen LogP contribution in [-0.2, 0) is 10.3 Å². The van der Waals surface area contributed by atoms with Gasteiger partial charge < -0.3 is 4.74 Å². The number of rotatable bonds is 3. The molecule has 0 radical (unpaired) electrons. The Bertz CT molecular complexity index is 418. The van der Waals surface area contributed by atoms with Crippen LogP contribution in [0.1, 0.15) is 5.56 Å². The maximum atomic E-state index is 9.58. The van der Waals surface area contributed by atoms with Crippen LogP contribution in [0.3, 0.4) is 0 Å². The van der Waals surface area contributed by atoms with Gasteiger partial charge in [0, 0.05) is 13.1 Å². The van der Waals surface area contributed by atoms with Gasteiger partial charge in [0.15, 0.2) is 5.54 Å².